The second-order valence-corrected chi connectivity index (χ2v) is 11.1. The Kier molecular flexibility index (Phi) is 7.43. The van der Waals surface area contributed by atoms with Gasteiger partial charge < -0.3 is 18.3 Å². The van der Waals surface area contributed by atoms with Crippen LogP contribution in [0.15, 0.2) is 153 Å². The van der Waals surface area contributed by atoms with Crippen molar-refractivity contribution in [1.82, 2.24) is 9.97 Å². The van der Waals surface area contributed by atoms with E-state index in [0.29, 0.717) is 23.3 Å². The summed E-state index contributed by atoms with van der Waals surface area (Å²) in [5.74, 6) is 2.37. The van der Waals surface area contributed by atoms with E-state index in [2.05, 4.69) is 20.2 Å². The van der Waals surface area contributed by atoms with Crippen molar-refractivity contribution in [3.8, 4) is 56.7 Å². The molecule has 2 aromatic heterocycles. The third kappa shape index (κ3) is 5.56. The number of hydrogen-bond acceptors (Lipinski definition) is 8. The van der Waals surface area contributed by atoms with E-state index in [4.69, 9.17) is 18.3 Å². The van der Waals surface area contributed by atoms with Crippen LogP contribution in [0.25, 0.3) is 67.4 Å². The van der Waals surface area contributed by atoms with Gasteiger partial charge in [0, 0.05) is 0 Å². The average molecular weight is 629 g/mol. The van der Waals surface area contributed by atoms with E-state index in [9.17, 15) is 0 Å². The Labute approximate surface area is 276 Å². The predicted molar refractivity (Wildman–Crippen MR) is 187 cm³/mol. The summed E-state index contributed by atoms with van der Waals surface area (Å²) < 4.78 is 23.4. The van der Waals surface area contributed by atoms with E-state index < -0.39 is 0 Å². The summed E-state index contributed by atoms with van der Waals surface area (Å²) in [5.41, 5.74) is 9.92. The van der Waals surface area contributed by atoms with Gasteiger partial charge in [0.05, 0.1) is 36.7 Å². The van der Waals surface area contributed by atoms with Crippen molar-refractivity contribution >= 4 is 33.6 Å². The monoisotopic (exact) mass is 628 g/mol. The zero-order chi connectivity index (χ0) is 32.5. The number of aromatic nitrogens is 2. The van der Waals surface area contributed by atoms with E-state index >= 15 is 0 Å². The summed E-state index contributed by atoms with van der Waals surface area (Å²) in [6.45, 7) is 0. The van der Waals surface area contributed by atoms with Gasteiger partial charge in [0.15, 0.2) is 11.2 Å². The Morgan fingerprint density at radius 3 is 1.33 bits per heavy atom. The molecule has 0 radical (unpaired) electrons. The van der Waals surface area contributed by atoms with Crippen molar-refractivity contribution in [3.63, 3.8) is 0 Å². The van der Waals surface area contributed by atoms with Crippen LogP contribution in [0.2, 0.25) is 0 Å². The fourth-order valence-electron chi connectivity index (χ4n) is 5.70. The average Bonchev–Trinajstić information content (AvgIpc) is 3.79. The highest BCUT2D eigenvalue weighted by atomic mass is 16.5. The number of para-hydroxylation sites is 4. The molecule has 0 amide bonds. The number of ether oxygens (including phenoxy) is 2. The van der Waals surface area contributed by atoms with Crippen molar-refractivity contribution in [3.05, 3.63) is 133 Å². The zero-order valence-corrected chi connectivity index (χ0v) is 26.1. The molecule has 2 heterocycles. The molecule has 6 aromatic carbocycles. The SMILES string of the molecule is COc1ccc(-c2cccc(N=Nc3cccc(-c4ccc(OC)c(-c5nc6ccccc6o5)c4)c3)c2)cc1-c1nc2ccccc2o1. The third-order valence-corrected chi connectivity index (χ3v) is 8.09. The maximum Gasteiger partial charge on any atom is 0.231 e. The second-order valence-electron chi connectivity index (χ2n) is 11.1. The van der Waals surface area contributed by atoms with Crippen LogP contribution < -0.4 is 9.47 Å². The quantitative estimate of drug-likeness (QED) is 0.155. The topological polar surface area (TPSA) is 95.2 Å². The van der Waals surface area contributed by atoms with Gasteiger partial charge in [-0.25, -0.2) is 9.97 Å². The number of hydrogen-bond donors (Lipinski definition) is 0. The summed E-state index contributed by atoms with van der Waals surface area (Å²) in [6, 6.07) is 43.2. The summed E-state index contributed by atoms with van der Waals surface area (Å²) >= 11 is 0. The van der Waals surface area contributed by atoms with Gasteiger partial charge >= 0.3 is 0 Å². The number of azo groups is 1. The minimum absolute atomic E-state index is 0.503. The Hall–Kier alpha value is -6.54. The first-order chi connectivity index (χ1) is 23.6. The van der Waals surface area contributed by atoms with Crippen LogP contribution in [0.5, 0.6) is 11.5 Å². The molecule has 0 aliphatic heterocycles. The Balaban J connectivity index is 1.07. The lowest BCUT2D eigenvalue weighted by molar-refractivity contribution is 0.414. The molecule has 8 nitrogen and oxygen atoms in total. The van der Waals surface area contributed by atoms with Gasteiger partial charge in [-0.15, -0.1) is 0 Å². The van der Waals surface area contributed by atoms with Gasteiger partial charge in [0.2, 0.25) is 11.8 Å². The number of methoxy groups -OCH3 is 2. The first-order valence-corrected chi connectivity index (χ1v) is 15.4. The molecule has 0 unspecified atom stereocenters. The van der Waals surface area contributed by atoms with Crippen molar-refractivity contribution in [2.24, 2.45) is 10.2 Å². The number of rotatable bonds is 8. The smallest absolute Gasteiger partial charge is 0.231 e. The van der Waals surface area contributed by atoms with Crippen molar-refractivity contribution in [1.29, 1.82) is 0 Å². The largest absolute Gasteiger partial charge is 0.496 e. The Morgan fingerprint density at radius 1 is 0.458 bits per heavy atom. The van der Waals surface area contributed by atoms with Gasteiger partial charge in [-0.05, 0) is 95.1 Å². The Morgan fingerprint density at radius 2 is 0.896 bits per heavy atom. The molecular weight excluding hydrogens is 600 g/mol. The van der Waals surface area contributed by atoms with Gasteiger partial charge in [0.25, 0.3) is 0 Å². The molecule has 8 aromatic rings. The van der Waals surface area contributed by atoms with Gasteiger partial charge in [-0.3, -0.25) is 0 Å². The van der Waals surface area contributed by atoms with Gasteiger partial charge in [0.1, 0.15) is 22.5 Å². The second kappa shape index (κ2) is 12.3. The van der Waals surface area contributed by atoms with E-state index in [1.54, 1.807) is 14.2 Å². The summed E-state index contributed by atoms with van der Waals surface area (Å²) in [5, 5.41) is 9.16. The minimum atomic E-state index is 0.503. The molecule has 0 atom stereocenters. The predicted octanol–water partition coefficient (Wildman–Crippen LogP) is 11.1. The number of fused-ring (bicyclic) bond motifs is 2. The molecule has 0 aliphatic rings. The van der Waals surface area contributed by atoms with Crippen LogP contribution in [-0.2, 0) is 0 Å². The van der Waals surface area contributed by atoms with E-state index in [-0.39, 0.29) is 0 Å². The van der Waals surface area contributed by atoms with Gasteiger partial charge in [-0.2, -0.15) is 10.2 Å². The van der Waals surface area contributed by atoms with Crippen molar-refractivity contribution < 1.29 is 18.3 Å². The number of benzene rings is 6. The maximum absolute atomic E-state index is 6.05. The first kappa shape index (κ1) is 28.9. The lowest BCUT2D eigenvalue weighted by Gasteiger charge is -2.09. The normalized spacial score (nSPS) is 11.5. The third-order valence-electron chi connectivity index (χ3n) is 8.09. The van der Waals surface area contributed by atoms with Crippen LogP contribution in [0.3, 0.4) is 0 Å². The molecule has 0 saturated carbocycles. The molecule has 0 spiro atoms. The molecule has 0 fully saturated rings. The maximum atomic E-state index is 6.05. The molecule has 8 rings (SSSR count). The van der Waals surface area contributed by atoms with Crippen LogP contribution in [0, 0.1) is 0 Å². The summed E-state index contributed by atoms with van der Waals surface area (Å²) in [7, 11) is 3.28. The minimum Gasteiger partial charge on any atom is -0.496 e. The van der Waals surface area contributed by atoms with Crippen LogP contribution in [0.1, 0.15) is 0 Å². The standard InChI is InChI=1S/C40H28N4O4/c1-45-35-19-17-27(23-31(35)39-41-33-13-3-5-15-37(33)47-39)25-9-7-11-29(21-25)43-44-30-12-8-10-26(22-30)28-18-20-36(46-2)32(24-28)40-42-34-14-4-6-16-38(34)48-40/h3-24H,1-2H3. The van der Waals surface area contributed by atoms with Crippen LogP contribution in [0.4, 0.5) is 11.4 Å². The van der Waals surface area contributed by atoms with E-state index in [1.807, 2.05) is 133 Å². The molecule has 0 N–H and O–H groups in total. The molecule has 8 heteroatoms. The first-order valence-electron chi connectivity index (χ1n) is 15.4. The van der Waals surface area contributed by atoms with Gasteiger partial charge in [-0.1, -0.05) is 60.7 Å². The van der Waals surface area contributed by atoms with E-state index in [0.717, 1.165) is 67.0 Å². The molecule has 0 bridgehead atoms. The molecule has 232 valence electrons. The highest BCUT2D eigenvalue weighted by Crippen LogP contribution is 2.38. The zero-order valence-electron chi connectivity index (χ0n) is 26.1. The highest BCUT2D eigenvalue weighted by Gasteiger charge is 2.16. The summed E-state index contributed by atoms with van der Waals surface area (Å²) in [6.07, 6.45) is 0. The lowest BCUT2D eigenvalue weighted by atomic mass is 10.0. The van der Waals surface area contributed by atoms with E-state index in [1.165, 1.54) is 0 Å². The molecular formula is C40H28N4O4. The fourth-order valence-corrected chi connectivity index (χ4v) is 5.70. The lowest BCUT2D eigenvalue weighted by Crippen LogP contribution is -1.89. The van der Waals surface area contributed by atoms with Crippen molar-refractivity contribution in [2.75, 3.05) is 14.2 Å². The number of nitrogens with zero attached hydrogens (tertiary/aromatic N) is 4. The van der Waals surface area contributed by atoms with Crippen LogP contribution >= 0.6 is 0 Å². The molecule has 0 aliphatic carbocycles. The van der Waals surface area contributed by atoms with Crippen LogP contribution in [-0.4, -0.2) is 24.2 Å². The Bertz CT molecular complexity index is 2220. The fraction of sp³-hybridized carbons (Fsp3) is 0.0500. The highest BCUT2D eigenvalue weighted by molar-refractivity contribution is 5.82. The number of oxazole rings is 2. The van der Waals surface area contributed by atoms with Crippen molar-refractivity contribution in [2.45, 2.75) is 0 Å². The summed E-state index contributed by atoms with van der Waals surface area (Å²) in [4.78, 5) is 9.36. The molecule has 48 heavy (non-hydrogen) atoms. The molecule has 0 saturated heterocycles.